The highest BCUT2D eigenvalue weighted by atomic mass is 35.5. The minimum Gasteiger partial charge on any atom is -0.355 e. The van der Waals surface area contributed by atoms with Gasteiger partial charge in [-0.3, -0.25) is 14.6 Å². The number of thioether (sulfide) groups is 1. The summed E-state index contributed by atoms with van der Waals surface area (Å²) >= 11 is 1.56. The van der Waals surface area contributed by atoms with Gasteiger partial charge < -0.3 is 16.0 Å². The van der Waals surface area contributed by atoms with Gasteiger partial charge in [0.15, 0.2) is 0 Å². The smallest absolute Gasteiger partial charge is 0.232 e. The Labute approximate surface area is 165 Å². The van der Waals surface area contributed by atoms with Gasteiger partial charge in [0.2, 0.25) is 11.8 Å². The average Bonchev–Trinajstić information content (AvgIpc) is 2.60. The highest BCUT2D eigenvalue weighted by Crippen LogP contribution is 2.18. The molecule has 0 spiro atoms. The van der Waals surface area contributed by atoms with Gasteiger partial charge in [0.05, 0.1) is 17.4 Å². The largest absolute Gasteiger partial charge is 0.355 e. The van der Waals surface area contributed by atoms with E-state index in [0.717, 1.165) is 30.8 Å². The summed E-state index contributed by atoms with van der Waals surface area (Å²) in [7, 11) is 0. The molecule has 0 aliphatic carbocycles. The van der Waals surface area contributed by atoms with Crippen LogP contribution in [0.4, 0.5) is 0 Å². The molecule has 0 radical (unpaired) electrons. The second-order valence-corrected chi connectivity index (χ2v) is 6.56. The predicted molar refractivity (Wildman–Crippen MR) is 106 cm³/mol. The molecule has 25 heavy (non-hydrogen) atoms. The number of hydrogen-bond acceptors (Lipinski definition) is 5. The highest BCUT2D eigenvalue weighted by Gasteiger charge is 2.27. The van der Waals surface area contributed by atoms with Crippen LogP contribution >= 0.6 is 36.6 Å². The first-order valence-corrected chi connectivity index (χ1v) is 9.09. The molecule has 1 aliphatic rings. The summed E-state index contributed by atoms with van der Waals surface area (Å²) in [6, 6.07) is 5.78. The Morgan fingerprint density at radius 3 is 2.84 bits per heavy atom. The topological polar surface area (TPSA) is 88.3 Å². The quantitative estimate of drug-likeness (QED) is 0.712. The molecule has 0 saturated carbocycles. The molecular weight excluding hydrogens is 383 g/mol. The van der Waals surface area contributed by atoms with Gasteiger partial charge in [-0.2, -0.15) is 0 Å². The molecule has 6 nitrogen and oxygen atoms in total. The van der Waals surface area contributed by atoms with Gasteiger partial charge in [-0.25, -0.2) is 0 Å². The molecule has 2 rings (SSSR count). The molecule has 1 aliphatic heterocycles. The molecule has 2 heterocycles. The van der Waals surface area contributed by atoms with Crippen molar-refractivity contribution >= 4 is 48.4 Å². The van der Waals surface area contributed by atoms with Gasteiger partial charge in [-0.05, 0) is 25.0 Å². The minimum absolute atomic E-state index is 0. The number of piperidine rings is 1. The van der Waals surface area contributed by atoms with Gasteiger partial charge in [-0.1, -0.05) is 6.07 Å². The molecule has 1 saturated heterocycles. The zero-order valence-electron chi connectivity index (χ0n) is 14.1. The summed E-state index contributed by atoms with van der Waals surface area (Å²) in [5, 5.41) is 2.81. The average molecular weight is 409 g/mol. The van der Waals surface area contributed by atoms with Crippen LogP contribution in [0, 0.1) is 5.92 Å². The Bertz CT molecular complexity index is 522. The van der Waals surface area contributed by atoms with E-state index < -0.39 is 0 Å². The van der Waals surface area contributed by atoms with Crippen LogP contribution in [0.25, 0.3) is 0 Å². The van der Waals surface area contributed by atoms with Crippen molar-refractivity contribution in [2.75, 3.05) is 31.9 Å². The molecule has 0 bridgehead atoms. The number of halogens is 2. The minimum atomic E-state index is -0.111. The van der Waals surface area contributed by atoms with E-state index in [1.165, 1.54) is 0 Å². The molecule has 1 atom stereocenters. The Morgan fingerprint density at radius 2 is 2.16 bits per heavy atom. The Kier molecular flexibility index (Phi) is 12.7. The van der Waals surface area contributed by atoms with E-state index in [-0.39, 0.29) is 42.5 Å². The van der Waals surface area contributed by atoms with Gasteiger partial charge in [0.25, 0.3) is 0 Å². The first kappa shape index (κ1) is 24.0. The molecule has 3 N–H and O–H groups in total. The van der Waals surface area contributed by atoms with Crippen molar-refractivity contribution in [1.29, 1.82) is 0 Å². The molecule has 9 heteroatoms. The van der Waals surface area contributed by atoms with Gasteiger partial charge in [0, 0.05) is 38.1 Å². The van der Waals surface area contributed by atoms with Crippen LogP contribution < -0.4 is 11.1 Å². The molecule has 2 amide bonds. The highest BCUT2D eigenvalue weighted by molar-refractivity contribution is 7.99. The van der Waals surface area contributed by atoms with Crippen LogP contribution in [0.3, 0.4) is 0 Å². The normalized spacial score (nSPS) is 16.4. The van der Waals surface area contributed by atoms with Crippen LogP contribution in [0.2, 0.25) is 0 Å². The zero-order chi connectivity index (χ0) is 16.5. The molecule has 1 aromatic rings. The first-order chi connectivity index (χ1) is 11.2. The van der Waals surface area contributed by atoms with Crippen molar-refractivity contribution in [3.05, 3.63) is 30.1 Å². The summed E-state index contributed by atoms with van der Waals surface area (Å²) < 4.78 is 0. The third-order valence-corrected chi connectivity index (χ3v) is 4.74. The fraction of sp³-hybridized carbons (Fsp3) is 0.562. The van der Waals surface area contributed by atoms with Crippen molar-refractivity contribution < 1.29 is 9.59 Å². The van der Waals surface area contributed by atoms with E-state index in [9.17, 15) is 9.59 Å². The van der Waals surface area contributed by atoms with Crippen molar-refractivity contribution in [3.63, 3.8) is 0 Å². The van der Waals surface area contributed by atoms with Crippen LogP contribution in [-0.4, -0.2) is 53.6 Å². The van der Waals surface area contributed by atoms with E-state index in [4.69, 9.17) is 5.73 Å². The molecule has 1 unspecified atom stereocenters. The van der Waals surface area contributed by atoms with Crippen LogP contribution in [0.5, 0.6) is 0 Å². The van der Waals surface area contributed by atoms with Crippen LogP contribution in [-0.2, 0) is 15.3 Å². The fourth-order valence-corrected chi connectivity index (χ4v) is 3.41. The van der Waals surface area contributed by atoms with Crippen molar-refractivity contribution in [1.82, 2.24) is 15.2 Å². The summed E-state index contributed by atoms with van der Waals surface area (Å²) in [6.07, 6.45) is 3.46. The van der Waals surface area contributed by atoms with Crippen molar-refractivity contribution in [3.8, 4) is 0 Å². The number of nitrogens with zero attached hydrogens (tertiary/aromatic N) is 2. The zero-order valence-corrected chi connectivity index (χ0v) is 16.5. The van der Waals surface area contributed by atoms with Gasteiger partial charge in [-0.15, -0.1) is 36.6 Å². The number of aromatic nitrogens is 1. The fourth-order valence-electron chi connectivity index (χ4n) is 2.58. The number of nitrogens with two attached hydrogens (primary N) is 1. The summed E-state index contributed by atoms with van der Waals surface area (Å²) in [5.41, 5.74) is 6.37. The first-order valence-electron chi connectivity index (χ1n) is 7.94. The monoisotopic (exact) mass is 408 g/mol. The lowest BCUT2D eigenvalue weighted by atomic mass is 9.97. The Balaban J connectivity index is 0.00000288. The number of hydrogen-bond donors (Lipinski definition) is 2. The SMILES string of the molecule is Cl.Cl.NCCNC(=O)C1CCCN(C(=O)CSCc2ccccn2)C1. The van der Waals surface area contributed by atoms with Crippen molar-refractivity contribution in [2.45, 2.75) is 18.6 Å². The summed E-state index contributed by atoms with van der Waals surface area (Å²) in [4.78, 5) is 30.4. The lowest BCUT2D eigenvalue weighted by Gasteiger charge is -2.32. The second kappa shape index (κ2) is 13.2. The number of nitrogens with one attached hydrogen (secondary N) is 1. The number of likely N-dealkylation sites (tertiary alicyclic amines) is 1. The number of amides is 2. The maximum absolute atomic E-state index is 12.3. The maximum Gasteiger partial charge on any atom is 0.232 e. The lowest BCUT2D eigenvalue weighted by molar-refractivity contribution is -0.133. The van der Waals surface area contributed by atoms with E-state index >= 15 is 0 Å². The van der Waals surface area contributed by atoms with E-state index in [1.807, 2.05) is 23.1 Å². The number of carbonyl (C=O) groups is 2. The van der Waals surface area contributed by atoms with E-state index in [1.54, 1.807) is 18.0 Å². The Morgan fingerprint density at radius 1 is 1.36 bits per heavy atom. The van der Waals surface area contributed by atoms with Gasteiger partial charge in [0.1, 0.15) is 0 Å². The molecule has 0 aromatic carbocycles. The standard InChI is InChI=1S/C16H24N4O2S.2ClH/c17-6-8-19-16(22)13-4-3-9-20(10-13)15(21)12-23-11-14-5-1-2-7-18-14;;/h1-2,5,7,13H,3-4,6,8-12,17H2,(H,19,22);2*1H. The van der Waals surface area contributed by atoms with Crippen molar-refractivity contribution in [2.24, 2.45) is 11.7 Å². The molecule has 1 aromatic heterocycles. The lowest BCUT2D eigenvalue weighted by Crippen LogP contribution is -2.46. The second-order valence-electron chi connectivity index (χ2n) is 5.57. The number of carbonyl (C=O) groups excluding carboxylic acids is 2. The predicted octanol–water partition coefficient (Wildman–Crippen LogP) is 1.47. The van der Waals surface area contributed by atoms with Gasteiger partial charge >= 0.3 is 0 Å². The molecule has 142 valence electrons. The Hall–Kier alpha value is -1.02. The van der Waals surface area contributed by atoms with E-state index in [2.05, 4.69) is 10.3 Å². The van der Waals surface area contributed by atoms with E-state index in [0.29, 0.717) is 25.4 Å². The number of pyridine rings is 1. The number of rotatable bonds is 7. The summed E-state index contributed by atoms with van der Waals surface area (Å²) in [5.74, 6) is 1.14. The third-order valence-electron chi connectivity index (χ3n) is 3.79. The maximum atomic E-state index is 12.3. The molecular formula is C16H26Cl2N4O2S. The van der Waals surface area contributed by atoms with Crippen LogP contribution in [0.15, 0.2) is 24.4 Å². The third kappa shape index (κ3) is 8.27. The molecule has 1 fully saturated rings. The summed E-state index contributed by atoms with van der Waals surface area (Å²) in [6.45, 7) is 2.18. The van der Waals surface area contributed by atoms with Crippen LogP contribution in [0.1, 0.15) is 18.5 Å².